The van der Waals surface area contributed by atoms with E-state index in [1.807, 2.05) is 30.3 Å². The van der Waals surface area contributed by atoms with Gasteiger partial charge in [-0.05, 0) is 42.7 Å². The Kier molecular flexibility index (Phi) is 4.07. The molecule has 1 fully saturated rings. The zero-order chi connectivity index (χ0) is 17.2. The maximum atomic E-state index is 12.3. The van der Waals surface area contributed by atoms with Gasteiger partial charge in [-0.3, -0.25) is 9.20 Å². The molecule has 1 atom stereocenters. The van der Waals surface area contributed by atoms with Crippen molar-refractivity contribution in [2.45, 2.75) is 25.5 Å². The number of fused-ring (bicyclic) bond motifs is 1. The summed E-state index contributed by atoms with van der Waals surface area (Å²) in [6.45, 7) is 0.971. The predicted octanol–water partition coefficient (Wildman–Crippen LogP) is 1.66. The van der Waals surface area contributed by atoms with Crippen LogP contribution in [0.15, 0.2) is 53.5 Å². The lowest BCUT2D eigenvalue weighted by Crippen LogP contribution is -2.27. The minimum absolute atomic E-state index is 0.125. The summed E-state index contributed by atoms with van der Waals surface area (Å²) in [5.41, 5.74) is 1.99. The topological polar surface area (TPSA) is 77.6 Å². The van der Waals surface area contributed by atoms with Gasteiger partial charge in [-0.15, -0.1) is 5.10 Å². The Balaban J connectivity index is 1.53. The Bertz CT molecular complexity index is 970. The molecule has 0 radical (unpaired) electrons. The summed E-state index contributed by atoms with van der Waals surface area (Å²) in [6.07, 6.45) is 2.99. The third kappa shape index (κ3) is 3.18. The molecular formula is C18H18N4O3. The lowest BCUT2D eigenvalue weighted by atomic mass is 10.2. The number of carbonyl (C=O) groups is 1. The zero-order valence-electron chi connectivity index (χ0n) is 13.6. The van der Waals surface area contributed by atoms with Crippen molar-refractivity contribution < 1.29 is 9.53 Å². The number of benzene rings is 1. The Morgan fingerprint density at radius 2 is 2.20 bits per heavy atom. The second-order valence-corrected chi connectivity index (χ2v) is 6.06. The summed E-state index contributed by atoms with van der Waals surface area (Å²) < 4.78 is 8.31. The molecule has 1 aliphatic rings. The molecule has 1 amide bonds. The molecule has 1 saturated heterocycles. The molecule has 7 heteroatoms. The second-order valence-electron chi connectivity index (χ2n) is 6.06. The highest BCUT2D eigenvalue weighted by Gasteiger charge is 2.23. The number of hydrogen-bond acceptors (Lipinski definition) is 4. The number of amides is 1. The van der Waals surface area contributed by atoms with Crippen LogP contribution in [0.25, 0.3) is 5.65 Å². The highest BCUT2D eigenvalue weighted by atomic mass is 16.5. The number of nitrogens with zero attached hydrogens (tertiary/aromatic N) is 3. The smallest absolute Gasteiger partial charge is 0.350 e. The first-order valence-electron chi connectivity index (χ1n) is 8.26. The van der Waals surface area contributed by atoms with E-state index in [1.54, 1.807) is 18.3 Å². The molecule has 3 heterocycles. The number of anilines is 1. The molecule has 0 bridgehead atoms. The average molecular weight is 338 g/mol. The van der Waals surface area contributed by atoms with Crippen LogP contribution in [-0.2, 0) is 16.1 Å². The van der Waals surface area contributed by atoms with Crippen LogP contribution in [-0.4, -0.2) is 32.8 Å². The Morgan fingerprint density at radius 3 is 3.00 bits per heavy atom. The molecule has 2 aromatic heterocycles. The molecule has 1 N–H and O–H groups in total. The van der Waals surface area contributed by atoms with E-state index in [0.717, 1.165) is 18.4 Å². The van der Waals surface area contributed by atoms with Crippen LogP contribution in [0, 0.1) is 0 Å². The maximum Gasteiger partial charge on any atom is 0.350 e. The first kappa shape index (κ1) is 15.6. The van der Waals surface area contributed by atoms with Crippen LogP contribution in [0.4, 0.5) is 5.69 Å². The van der Waals surface area contributed by atoms with Gasteiger partial charge in [0.15, 0.2) is 5.65 Å². The van der Waals surface area contributed by atoms with Crippen LogP contribution in [0.5, 0.6) is 0 Å². The van der Waals surface area contributed by atoms with Crippen LogP contribution in [0.1, 0.15) is 18.4 Å². The van der Waals surface area contributed by atoms with E-state index in [4.69, 9.17) is 4.74 Å². The van der Waals surface area contributed by atoms with Gasteiger partial charge in [0.2, 0.25) is 0 Å². The van der Waals surface area contributed by atoms with Crippen molar-refractivity contribution in [2.75, 3.05) is 11.9 Å². The summed E-state index contributed by atoms with van der Waals surface area (Å²) >= 11 is 0. The molecule has 128 valence electrons. The van der Waals surface area contributed by atoms with Crippen molar-refractivity contribution in [3.05, 3.63) is 64.7 Å². The minimum atomic E-state index is -0.371. The van der Waals surface area contributed by atoms with Crippen molar-refractivity contribution >= 4 is 17.2 Å². The molecule has 3 aromatic rings. The molecule has 1 aromatic carbocycles. The summed E-state index contributed by atoms with van der Waals surface area (Å²) in [5.74, 6) is -0.125. The molecular weight excluding hydrogens is 320 g/mol. The SMILES string of the molecule is O=C(Nc1cccc(Cn2nc3ccccn3c2=O)c1)[C@H]1CCCO1. The summed E-state index contributed by atoms with van der Waals surface area (Å²) in [7, 11) is 0. The molecule has 4 rings (SSSR count). The standard InChI is InChI=1S/C18H18N4O3/c23-17(15-7-4-10-25-15)19-14-6-3-5-13(11-14)12-22-18(24)21-9-2-1-8-16(21)20-22/h1-3,5-6,8-9,11,15H,4,7,10,12H2,(H,19,23)/t15-/m1/s1. The number of pyridine rings is 1. The van der Waals surface area contributed by atoms with Gasteiger partial charge in [-0.1, -0.05) is 18.2 Å². The monoisotopic (exact) mass is 338 g/mol. The van der Waals surface area contributed by atoms with Crippen LogP contribution in [0.2, 0.25) is 0 Å². The number of carbonyl (C=O) groups excluding carboxylic acids is 1. The van der Waals surface area contributed by atoms with E-state index in [9.17, 15) is 9.59 Å². The van der Waals surface area contributed by atoms with E-state index < -0.39 is 0 Å². The Hall–Kier alpha value is -2.93. The number of ether oxygens (including phenoxy) is 1. The largest absolute Gasteiger partial charge is 0.368 e. The van der Waals surface area contributed by atoms with Crippen molar-refractivity contribution in [1.82, 2.24) is 14.2 Å². The fourth-order valence-corrected chi connectivity index (χ4v) is 3.00. The van der Waals surface area contributed by atoms with Crippen LogP contribution in [0.3, 0.4) is 0 Å². The molecule has 0 unspecified atom stereocenters. The van der Waals surface area contributed by atoms with E-state index in [-0.39, 0.29) is 17.7 Å². The average Bonchev–Trinajstić information content (AvgIpc) is 3.25. The molecule has 7 nitrogen and oxygen atoms in total. The van der Waals surface area contributed by atoms with Gasteiger partial charge in [0.05, 0.1) is 6.54 Å². The highest BCUT2D eigenvalue weighted by molar-refractivity contribution is 5.94. The number of rotatable bonds is 4. The second kappa shape index (κ2) is 6.52. The zero-order valence-corrected chi connectivity index (χ0v) is 13.6. The van der Waals surface area contributed by atoms with E-state index in [1.165, 1.54) is 9.08 Å². The molecule has 1 aliphatic heterocycles. The third-order valence-corrected chi connectivity index (χ3v) is 4.24. The molecule has 0 aliphatic carbocycles. The lowest BCUT2D eigenvalue weighted by molar-refractivity contribution is -0.124. The fraction of sp³-hybridized carbons (Fsp3) is 0.278. The lowest BCUT2D eigenvalue weighted by Gasteiger charge is -2.11. The number of hydrogen-bond donors (Lipinski definition) is 1. The van der Waals surface area contributed by atoms with Gasteiger partial charge in [-0.25, -0.2) is 9.48 Å². The van der Waals surface area contributed by atoms with Gasteiger partial charge < -0.3 is 10.1 Å². The highest BCUT2D eigenvalue weighted by Crippen LogP contribution is 2.16. The number of nitrogens with one attached hydrogen (secondary N) is 1. The minimum Gasteiger partial charge on any atom is -0.368 e. The third-order valence-electron chi connectivity index (χ3n) is 4.24. The van der Waals surface area contributed by atoms with Crippen LogP contribution >= 0.6 is 0 Å². The predicted molar refractivity (Wildman–Crippen MR) is 92.6 cm³/mol. The van der Waals surface area contributed by atoms with Gasteiger partial charge in [-0.2, -0.15) is 0 Å². The normalized spacial score (nSPS) is 17.0. The van der Waals surface area contributed by atoms with E-state index in [2.05, 4.69) is 10.4 Å². The van der Waals surface area contributed by atoms with Crippen molar-refractivity contribution in [3.63, 3.8) is 0 Å². The van der Waals surface area contributed by atoms with Gasteiger partial charge in [0, 0.05) is 18.5 Å². The van der Waals surface area contributed by atoms with Gasteiger partial charge in [0.25, 0.3) is 5.91 Å². The van der Waals surface area contributed by atoms with Crippen molar-refractivity contribution in [3.8, 4) is 0 Å². The van der Waals surface area contributed by atoms with Gasteiger partial charge >= 0.3 is 5.69 Å². The fourth-order valence-electron chi connectivity index (χ4n) is 3.00. The van der Waals surface area contributed by atoms with E-state index >= 15 is 0 Å². The van der Waals surface area contributed by atoms with Crippen molar-refractivity contribution in [2.24, 2.45) is 0 Å². The van der Waals surface area contributed by atoms with Crippen LogP contribution < -0.4 is 11.0 Å². The van der Waals surface area contributed by atoms with Gasteiger partial charge in [0.1, 0.15) is 6.10 Å². The summed E-state index contributed by atoms with van der Waals surface area (Å²) in [4.78, 5) is 24.5. The Morgan fingerprint density at radius 1 is 1.28 bits per heavy atom. The quantitative estimate of drug-likeness (QED) is 0.785. The van der Waals surface area contributed by atoms with Crippen molar-refractivity contribution in [1.29, 1.82) is 0 Å². The molecule has 0 spiro atoms. The first-order valence-corrected chi connectivity index (χ1v) is 8.26. The van der Waals surface area contributed by atoms with E-state index in [0.29, 0.717) is 24.5 Å². The number of aromatic nitrogens is 3. The Labute approximate surface area is 143 Å². The first-order chi connectivity index (χ1) is 12.2. The summed E-state index contributed by atoms with van der Waals surface area (Å²) in [6, 6.07) is 12.8. The molecule has 0 saturated carbocycles. The maximum absolute atomic E-state index is 12.3. The molecule has 25 heavy (non-hydrogen) atoms. The summed E-state index contributed by atoms with van der Waals surface area (Å²) in [5, 5.41) is 7.20.